The Kier molecular flexibility index (Phi) is 4.98. The Balaban J connectivity index is 1.59. The molecule has 0 aliphatic rings. The van der Waals surface area contributed by atoms with Gasteiger partial charge in [0.1, 0.15) is 17.4 Å². The third-order valence-electron chi connectivity index (χ3n) is 3.55. The first-order valence-electron chi connectivity index (χ1n) is 7.82. The molecule has 0 aliphatic carbocycles. The van der Waals surface area contributed by atoms with E-state index in [-0.39, 0.29) is 5.76 Å². The summed E-state index contributed by atoms with van der Waals surface area (Å²) in [6.07, 6.45) is 0.407. The zero-order chi connectivity index (χ0) is 18.5. The number of furan rings is 1. The van der Waals surface area contributed by atoms with Crippen molar-refractivity contribution in [2.24, 2.45) is 5.10 Å². The molecule has 1 atom stereocenters. The Hall–Kier alpha value is -3.61. The van der Waals surface area contributed by atoms with Gasteiger partial charge in [-0.05, 0) is 48.9 Å². The van der Waals surface area contributed by atoms with E-state index in [2.05, 4.69) is 10.5 Å². The van der Waals surface area contributed by atoms with Crippen LogP contribution in [0, 0.1) is 0 Å². The van der Waals surface area contributed by atoms with Crippen molar-refractivity contribution in [1.29, 1.82) is 0 Å². The number of rotatable bonds is 6. The molecule has 7 nitrogen and oxygen atoms in total. The van der Waals surface area contributed by atoms with E-state index in [1.54, 1.807) is 36.4 Å². The molecule has 7 heteroatoms. The lowest BCUT2D eigenvalue weighted by Crippen LogP contribution is -2.37. The maximum absolute atomic E-state index is 12.0. The molecule has 1 heterocycles. The average Bonchev–Trinajstić information content (AvgIpc) is 3.07. The highest BCUT2D eigenvalue weighted by atomic mass is 16.5. The molecule has 0 bridgehead atoms. The fraction of sp³-hybridized carbons (Fsp3) is 0.105. The number of carboxylic acids is 1. The van der Waals surface area contributed by atoms with Gasteiger partial charge in [-0.3, -0.25) is 4.79 Å². The number of fused-ring (bicyclic) bond motifs is 1. The number of hydrogen-bond donors (Lipinski definition) is 1. The Morgan fingerprint density at radius 1 is 1.19 bits per heavy atom. The number of para-hydroxylation sites is 1. The molecule has 3 rings (SSSR count). The van der Waals surface area contributed by atoms with Gasteiger partial charge in [-0.15, -0.1) is 0 Å². The summed E-state index contributed by atoms with van der Waals surface area (Å²) in [5.74, 6) is -1.18. The zero-order valence-corrected chi connectivity index (χ0v) is 13.8. The lowest BCUT2D eigenvalue weighted by Gasteiger charge is -2.15. The number of ether oxygens (including phenoxy) is 1. The number of nitrogens with one attached hydrogen (secondary N) is 1. The lowest BCUT2D eigenvalue weighted by atomic mass is 10.2. The number of hydrazone groups is 1. The number of carboxylic acid groups (broad SMARTS) is 1. The van der Waals surface area contributed by atoms with Gasteiger partial charge >= 0.3 is 5.91 Å². The number of carbonyl (C=O) groups excluding carboxylic acids is 2. The van der Waals surface area contributed by atoms with Crippen LogP contribution in [0.2, 0.25) is 0 Å². The van der Waals surface area contributed by atoms with E-state index < -0.39 is 18.0 Å². The highest BCUT2D eigenvalue weighted by molar-refractivity contribution is 5.96. The molecule has 0 saturated carbocycles. The molecular formula is C19H15N2O5-. The number of carbonyl (C=O) groups is 2. The molecule has 1 N–H and O–H groups in total. The van der Waals surface area contributed by atoms with E-state index in [4.69, 9.17) is 9.15 Å². The molecule has 26 heavy (non-hydrogen) atoms. The van der Waals surface area contributed by atoms with Crippen molar-refractivity contribution in [3.63, 3.8) is 0 Å². The fourth-order valence-electron chi connectivity index (χ4n) is 2.20. The second-order valence-corrected chi connectivity index (χ2v) is 5.50. The quantitative estimate of drug-likeness (QED) is 0.538. The molecule has 0 radical (unpaired) electrons. The Labute approximate surface area is 148 Å². The highest BCUT2D eigenvalue weighted by Crippen LogP contribution is 2.18. The van der Waals surface area contributed by atoms with Gasteiger partial charge in [-0.25, -0.2) is 5.43 Å². The van der Waals surface area contributed by atoms with Crippen molar-refractivity contribution in [2.75, 3.05) is 0 Å². The van der Waals surface area contributed by atoms with Crippen molar-refractivity contribution in [1.82, 2.24) is 5.43 Å². The number of hydrogen-bond acceptors (Lipinski definition) is 6. The first-order chi connectivity index (χ1) is 12.5. The molecule has 0 unspecified atom stereocenters. The Morgan fingerprint density at radius 3 is 2.62 bits per heavy atom. The topological polar surface area (TPSA) is 104 Å². The van der Waals surface area contributed by atoms with E-state index in [1.165, 1.54) is 13.1 Å². The van der Waals surface area contributed by atoms with Crippen LogP contribution in [0.15, 0.2) is 64.1 Å². The molecule has 132 valence electrons. The smallest absolute Gasteiger partial charge is 0.307 e. The summed E-state index contributed by atoms with van der Waals surface area (Å²) in [5, 5.41) is 15.4. The molecular weight excluding hydrogens is 336 g/mol. The highest BCUT2D eigenvalue weighted by Gasteiger charge is 2.10. The number of aliphatic carboxylic acids is 1. The number of nitrogens with zero attached hydrogens (tertiary/aromatic N) is 1. The van der Waals surface area contributed by atoms with Gasteiger partial charge in [0.05, 0.1) is 12.2 Å². The molecule has 2 aromatic carbocycles. The Bertz CT molecular complexity index is 926. The van der Waals surface area contributed by atoms with Gasteiger partial charge in [0.25, 0.3) is 0 Å². The summed E-state index contributed by atoms with van der Waals surface area (Å²) < 4.78 is 10.6. The SMILES string of the molecule is C[C@H](Oc1ccc(/C=N\NC(=O)c2cc3ccccc3o2)cc1)C(=O)[O-]. The van der Waals surface area contributed by atoms with E-state index in [1.807, 2.05) is 18.2 Å². The predicted octanol–water partition coefficient (Wildman–Crippen LogP) is 1.71. The molecule has 0 fully saturated rings. The standard InChI is InChI=1S/C19H16N2O5/c1-12(19(23)24)25-15-8-6-13(7-9-15)11-20-21-18(22)17-10-14-4-2-3-5-16(14)26-17/h2-12H,1H3,(H,21,22)(H,23,24)/p-1/b20-11-/t12-/m0/s1. The Morgan fingerprint density at radius 2 is 1.92 bits per heavy atom. The molecule has 1 aromatic heterocycles. The predicted molar refractivity (Wildman–Crippen MR) is 92.8 cm³/mol. The number of amides is 1. The minimum Gasteiger partial charge on any atom is -0.546 e. The van der Waals surface area contributed by atoms with Crippen LogP contribution in [0.3, 0.4) is 0 Å². The summed E-state index contributed by atoms with van der Waals surface area (Å²) in [6.45, 7) is 1.39. The molecule has 0 spiro atoms. The van der Waals surface area contributed by atoms with Crippen LogP contribution in [0.1, 0.15) is 23.0 Å². The maximum Gasteiger partial charge on any atom is 0.307 e. The molecule has 0 aliphatic heterocycles. The normalized spacial score (nSPS) is 12.2. The van der Waals surface area contributed by atoms with Gasteiger partial charge in [-0.1, -0.05) is 18.2 Å². The van der Waals surface area contributed by atoms with Crippen molar-refractivity contribution < 1.29 is 23.8 Å². The van der Waals surface area contributed by atoms with Crippen LogP contribution >= 0.6 is 0 Å². The van der Waals surface area contributed by atoms with Crippen LogP contribution in [0.5, 0.6) is 5.75 Å². The van der Waals surface area contributed by atoms with Crippen LogP contribution in [-0.4, -0.2) is 24.2 Å². The van der Waals surface area contributed by atoms with Crippen molar-refractivity contribution in [3.8, 4) is 5.75 Å². The summed E-state index contributed by atoms with van der Waals surface area (Å²) in [4.78, 5) is 22.7. The third kappa shape index (κ3) is 4.07. The summed E-state index contributed by atoms with van der Waals surface area (Å²) in [6, 6.07) is 15.5. The van der Waals surface area contributed by atoms with Gasteiger partial charge < -0.3 is 19.1 Å². The largest absolute Gasteiger partial charge is 0.546 e. The van der Waals surface area contributed by atoms with Gasteiger partial charge in [-0.2, -0.15) is 5.10 Å². The van der Waals surface area contributed by atoms with Crippen molar-refractivity contribution >= 4 is 29.1 Å². The maximum atomic E-state index is 12.0. The minimum atomic E-state index is -1.29. The van der Waals surface area contributed by atoms with E-state index in [0.717, 1.165) is 5.39 Å². The van der Waals surface area contributed by atoms with Gasteiger partial charge in [0, 0.05) is 5.39 Å². The first kappa shape index (κ1) is 17.2. The van der Waals surface area contributed by atoms with E-state index in [0.29, 0.717) is 16.9 Å². The lowest BCUT2D eigenvalue weighted by molar-refractivity contribution is -0.312. The second kappa shape index (κ2) is 7.52. The summed E-state index contributed by atoms with van der Waals surface area (Å²) >= 11 is 0. The van der Waals surface area contributed by atoms with Crippen LogP contribution < -0.4 is 15.3 Å². The zero-order valence-electron chi connectivity index (χ0n) is 13.8. The van der Waals surface area contributed by atoms with Crippen molar-refractivity contribution in [2.45, 2.75) is 13.0 Å². The fourth-order valence-corrected chi connectivity index (χ4v) is 2.20. The summed E-state index contributed by atoms with van der Waals surface area (Å²) in [7, 11) is 0. The first-order valence-corrected chi connectivity index (χ1v) is 7.82. The summed E-state index contributed by atoms with van der Waals surface area (Å²) in [5.41, 5.74) is 3.72. The molecule has 3 aromatic rings. The molecule has 0 saturated heterocycles. The van der Waals surface area contributed by atoms with Crippen LogP contribution in [-0.2, 0) is 4.79 Å². The third-order valence-corrected chi connectivity index (χ3v) is 3.55. The van der Waals surface area contributed by atoms with Gasteiger partial charge in [0.2, 0.25) is 0 Å². The molecule has 1 amide bonds. The average molecular weight is 351 g/mol. The second-order valence-electron chi connectivity index (χ2n) is 5.50. The minimum absolute atomic E-state index is 0.170. The van der Waals surface area contributed by atoms with Crippen LogP contribution in [0.4, 0.5) is 0 Å². The number of benzene rings is 2. The monoisotopic (exact) mass is 351 g/mol. The van der Waals surface area contributed by atoms with Crippen LogP contribution in [0.25, 0.3) is 11.0 Å². The van der Waals surface area contributed by atoms with E-state index in [9.17, 15) is 14.7 Å². The van der Waals surface area contributed by atoms with Crippen molar-refractivity contribution in [3.05, 3.63) is 65.9 Å². The van der Waals surface area contributed by atoms with Gasteiger partial charge in [0.15, 0.2) is 5.76 Å². The van der Waals surface area contributed by atoms with E-state index >= 15 is 0 Å².